The predicted molar refractivity (Wildman–Crippen MR) is 94.3 cm³/mol. The number of carbonyl (C=O) groups excluding carboxylic acids is 1. The van der Waals surface area contributed by atoms with Crippen LogP contribution in [0.25, 0.3) is 10.9 Å². The number of aromatic amines is 1. The Morgan fingerprint density at radius 3 is 3.08 bits per heavy atom. The quantitative estimate of drug-likeness (QED) is 0.750. The van der Waals surface area contributed by atoms with Gasteiger partial charge in [0.1, 0.15) is 5.82 Å². The maximum atomic E-state index is 12.5. The smallest absolute Gasteiger partial charge is 0.345 e. The summed E-state index contributed by atoms with van der Waals surface area (Å²) in [4.78, 5) is 27.7. The average molecular weight is 339 g/mol. The van der Waals surface area contributed by atoms with Gasteiger partial charge in [-0.2, -0.15) is 5.10 Å². The molecule has 0 saturated carbocycles. The molecule has 1 aliphatic rings. The molecule has 1 atom stereocenters. The van der Waals surface area contributed by atoms with Gasteiger partial charge in [0, 0.05) is 43.2 Å². The van der Waals surface area contributed by atoms with Crippen LogP contribution >= 0.6 is 0 Å². The Labute approximate surface area is 144 Å². The summed E-state index contributed by atoms with van der Waals surface area (Å²) in [5.41, 5.74) is 1.96. The minimum absolute atomic E-state index is 0.0159. The molecule has 0 fully saturated rings. The van der Waals surface area contributed by atoms with E-state index in [1.54, 1.807) is 11.6 Å². The summed E-state index contributed by atoms with van der Waals surface area (Å²) in [6.07, 6.45) is 4.51. The fraction of sp³-hybridized carbons (Fsp3) is 0.389. The molecule has 1 aliphatic heterocycles. The number of hydrogen-bond donors (Lipinski definition) is 2. The summed E-state index contributed by atoms with van der Waals surface area (Å²) >= 11 is 0. The topological polar surface area (TPSA) is 84.7 Å². The van der Waals surface area contributed by atoms with Crippen LogP contribution in [0.1, 0.15) is 24.2 Å². The van der Waals surface area contributed by atoms with Gasteiger partial charge in [0.05, 0.1) is 6.42 Å². The van der Waals surface area contributed by atoms with Crippen molar-refractivity contribution in [3.05, 3.63) is 52.3 Å². The fourth-order valence-corrected chi connectivity index (χ4v) is 3.57. The van der Waals surface area contributed by atoms with Crippen LogP contribution in [0.2, 0.25) is 0 Å². The zero-order chi connectivity index (χ0) is 17.4. The molecule has 2 aromatic heterocycles. The molecule has 2 N–H and O–H groups in total. The van der Waals surface area contributed by atoms with E-state index >= 15 is 0 Å². The van der Waals surface area contributed by atoms with Gasteiger partial charge in [-0.3, -0.25) is 9.36 Å². The Hall–Kier alpha value is -2.83. The van der Waals surface area contributed by atoms with Gasteiger partial charge >= 0.3 is 5.69 Å². The molecule has 1 amide bonds. The lowest BCUT2D eigenvalue weighted by atomic mass is 10.1. The minimum atomic E-state index is -0.0826. The number of nitrogens with one attached hydrogen (secondary N) is 2. The van der Waals surface area contributed by atoms with E-state index in [-0.39, 0.29) is 17.6 Å². The van der Waals surface area contributed by atoms with E-state index in [1.165, 1.54) is 4.68 Å². The zero-order valence-corrected chi connectivity index (χ0v) is 14.2. The lowest BCUT2D eigenvalue weighted by molar-refractivity contribution is -0.121. The number of H-pyrrole nitrogens is 1. The van der Waals surface area contributed by atoms with Crippen molar-refractivity contribution in [3.8, 4) is 0 Å². The SMILES string of the molecule is Cn1nc2n(c1=O)CCC(NC(=O)Cc1c[nH]c3ccccc13)CC2. The second-order valence-electron chi connectivity index (χ2n) is 6.60. The number of benzene rings is 1. The number of nitrogens with zero attached hydrogens (tertiary/aromatic N) is 3. The van der Waals surface area contributed by atoms with Crippen molar-refractivity contribution in [2.45, 2.75) is 38.3 Å². The molecule has 1 aromatic carbocycles. The predicted octanol–water partition coefficient (Wildman–Crippen LogP) is 1.13. The number of rotatable bonds is 3. The number of fused-ring (bicyclic) bond motifs is 2. The summed E-state index contributed by atoms with van der Waals surface area (Å²) < 4.78 is 3.09. The molecule has 0 spiro atoms. The van der Waals surface area contributed by atoms with Gasteiger partial charge in [0.25, 0.3) is 0 Å². The monoisotopic (exact) mass is 339 g/mol. The van der Waals surface area contributed by atoms with Gasteiger partial charge in [-0.25, -0.2) is 9.48 Å². The summed E-state index contributed by atoms with van der Waals surface area (Å²) in [5, 5.41) is 8.47. The highest BCUT2D eigenvalue weighted by Gasteiger charge is 2.21. The van der Waals surface area contributed by atoms with Crippen LogP contribution in [0.15, 0.2) is 35.3 Å². The molecule has 0 aliphatic carbocycles. The molecule has 7 nitrogen and oxygen atoms in total. The molecule has 4 rings (SSSR count). The molecule has 3 aromatic rings. The molecule has 0 radical (unpaired) electrons. The Morgan fingerprint density at radius 2 is 2.20 bits per heavy atom. The highest BCUT2D eigenvalue weighted by atomic mass is 16.2. The van der Waals surface area contributed by atoms with Crippen LogP contribution in [-0.4, -0.2) is 31.3 Å². The summed E-state index contributed by atoms with van der Waals surface area (Å²) in [5.74, 6) is 0.822. The van der Waals surface area contributed by atoms with Gasteiger partial charge in [-0.15, -0.1) is 0 Å². The normalized spacial score (nSPS) is 17.2. The number of amides is 1. The van der Waals surface area contributed by atoms with Crippen LogP contribution in [0, 0.1) is 0 Å². The average Bonchev–Trinajstić information content (AvgIpc) is 3.05. The second kappa shape index (κ2) is 6.23. The lowest BCUT2D eigenvalue weighted by Gasteiger charge is -2.15. The maximum Gasteiger partial charge on any atom is 0.345 e. The third-order valence-electron chi connectivity index (χ3n) is 4.89. The standard InChI is InChI=1S/C18H21N5O2/c1-22-18(25)23-9-8-13(6-7-16(23)21-22)20-17(24)10-12-11-19-15-5-3-2-4-14(12)15/h2-5,11,13,19H,6-10H2,1H3,(H,20,24). The number of carbonyl (C=O) groups is 1. The summed E-state index contributed by atoms with van der Waals surface area (Å²) in [7, 11) is 1.67. The Balaban J connectivity index is 1.41. The molecule has 130 valence electrons. The van der Waals surface area contributed by atoms with Crippen LogP contribution in [0.4, 0.5) is 0 Å². The molecule has 25 heavy (non-hydrogen) atoms. The van der Waals surface area contributed by atoms with Crippen molar-refractivity contribution in [3.63, 3.8) is 0 Å². The molecular formula is C18H21N5O2. The van der Waals surface area contributed by atoms with E-state index < -0.39 is 0 Å². The zero-order valence-electron chi connectivity index (χ0n) is 14.2. The first-order chi connectivity index (χ1) is 12.1. The first-order valence-corrected chi connectivity index (χ1v) is 8.59. The third kappa shape index (κ3) is 2.97. The van der Waals surface area contributed by atoms with E-state index in [0.29, 0.717) is 19.4 Å². The van der Waals surface area contributed by atoms with E-state index in [4.69, 9.17) is 0 Å². The highest BCUT2D eigenvalue weighted by Crippen LogP contribution is 2.18. The molecule has 0 saturated heterocycles. The van der Waals surface area contributed by atoms with Crippen molar-refractivity contribution in [2.75, 3.05) is 0 Å². The van der Waals surface area contributed by atoms with Gasteiger partial charge in [-0.05, 0) is 24.5 Å². The molecule has 0 bridgehead atoms. The number of para-hydroxylation sites is 1. The van der Waals surface area contributed by atoms with Crippen molar-refractivity contribution in [2.24, 2.45) is 7.05 Å². The van der Waals surface area contributed by atoms with Gasteiger partial charge in [-0.1, -0.05) is 18.2 Å². The Kier molecular flexibility index (Phi) is 3.91. The van der Waals surface area contributed by atoms with Gasteiger partial charge < -0.3 is 10.3 Å². The maximum absolute atomic E-state index is 12.5. The van der Waals surface area contributed by atoms with Crippen LogP contribution < -0.4 is 11.0 Å². The number of aromatic nitrogens is 4. The summed E-state index contributed by atoms with van der Waals surface area (Å²) in [6.45, 7) is 0.597. The number of hydrogen-bond acceptors (Lipinski definition) is 3. The highest BCUT2D eigenvalue weighted by molar-refractivity contribution is 5.88. The van der Waals surface area contributed by atoms with Crippen molar-refractivity contribution < 1.29 is 4.79 Å². The van der Waals surface area contributed by atoms with Crippen molar-refractivity contribution >= 4 is 16.8 Å². The van der Waals surface area contributed by atoms with Gasteiger partial charge in [0.15, 0.2) is 0 Å². The van der Waals surface area contributed by atoms with Crippen molar-refractivity contribution in [1.29, 1.82) is 0 Å². The van der Waals surface area contributed by atoms with Gasteiger partial charge in [0.2, 0.25) is 5.91 Å². The Bertz CT molecular complexity index is 981. The van der Waals surface area contributed by atoms with E-state index in [1.807, 2.05) is 30.5 Å². The van der Waals surface area contributed by atoms with Crippen LogP contribution in [0.3, 0.4) is 0 Å². The van der Waals surface area contributed by atoms with Crippen molar-refractivity contribution in [1.82, 2.24) is 24.6 Å². The first kappa shape index (κ1) is 15.7. The third-order valence-corrected chi connectivity index (χ3v) is 4.89. The lowest BCUT2D eigenvalue weighted by Crippen LogP contribution is -2.36. The van der Waals surface area contributed by atoms with Crippen LogP contribution in [0.5, 0.6) is 0 Å². The largest absolute Gasteiger partial charge is 0.361 e. The first-order valence-electron chi connectivity index (χ1n) is 8.59. The van der Waals surface area contributed by atoms with E-state index in [0.717, 1.165) is 35.1 Å². The molecular weight excluding hydrogens is 318 g/mol. The van der Waals surface area contributed by atoms with E-state index in [9.17, 15) is 9.59 Å². The number of aryl methyl sites for hydroxylation is 2. The summed E-state index contributed by atoms with van der Waals surface area (Å²) in [6, 6.07) is 8.05. The molecule has 3 heterocycles. The Morgan fingerprint density at radius 1 is 1.36 bits per heavy atom. The van der Waals surface area contributed by atoms with Crippen LogP contribution in [-0.2, 0) is 31.2 Å². The molecule has 7 heteroatoms. The fourth-order valence-electron chi connectivity index (χ4n) is 3.57. The van der Waals surface area contributed by atoms with E-state index in [2.05, 4.69) is 15.4 Å². The minimum Gasteiger partial charge on any atom is -0.361 e. The second-order valence-corrected chi connectivity index (χ2v) is 6.60. The molecule has 1 unspecified atom stereocenters.